The zero-order valence-electron chi connectivity index (χ0n) is 13.7. The van der Waals surface area contributed by atoms with Gasteiger partial charge in [-0.3, -0.25) is 9.89 Å². The van der Waals surface area contributed by atoms with Crippen molar-refractivity contribution in [2.75, 3.05) is 5.32 Å². The summed E-state index contributed by atoms with van der Waals surface area (Å²) in [7, 11) is 0. The van der Waals surface area contributed by atoms with Gasteiger partial charge in [-0.15, -0.1) is 0 Å². The molecule has 5 rings (SSSR count). The first-order valence-corrected chi connectivity index (χ1v) is 8.30. The van der Waals surface area contributed by atoms with Crippen LogP contribution in [-0.4, -0.2) is 24.6 Å². The number of nitrogens with zero attached hydrogens (tertiary/aromatic N) is 4. The van der Waals surface area contributed by atoms with E-state index < -0.39 is 0 Å². The third kappa shape index (κ3) is 2.36. The number of para-hydroxylation sites is 1. The lowest BCUT2D eigenvalue weighted by atomic mass is 10.2. The molecular formula is C18H16N6O. The lowest BCUT2D eigenvalue weighted by Crippen LogP contribution is -2.19. The molecule has 2 N–H and O–H groups in total. The molecule has 3 heterocycles. The van der Waals surface area contributed by atoms with Gasteiger partial charge in [-0.2, -0.15) is 10.1 Å². The highest BCUT2D eigenvalue weighted by molar-refractivity contribution is 5.79. The van der Waals surface area contributed by atoms with E-state index in [4.69, 9.17) is 0 Å². The minimum absolute atomic E-state index is 0.104. The number of aromatic nitrogens is 5. The van der Waals surface area contributed by atoms with E-state index in [2.05, 4.69) is 25.5 Å². The van der Waals surface area contributed by atoms with E-state index in [1.54, 1.807) is 6.07 Å². The Morgan fingerprint density at radius 1 is 1.16 bits per heavy atom. The number of anilines is 2. The predicted molar refractivity (Wildman–Crippen MR) is 95.3 cm³/mol. The average Bonchev–Trinajstić information content (AvgIpc) is 3.35. The Bertz CT molecular complexity index is 1170. The molecule has 0 spiro atoms. The second kappa shape index (κ2) is 5.14. The number of hydrogen-bond donors (Lipinski definition) is 2. The van der Waals surface area contributed by atoms with Crippen LogP contribution in [0.25, 0.3) is 16.7 Å². The second-order valence-electron chi connectivity index (χ2n) is 6.46. The SMILES string of the molecule is Cc1cc(Nc2cc(C3CC3)[nH]n2)nc2nc3ccccc3c(=O)n12. The molecule has 0 radical (unpaired) electrons. The summed E-state index contributed by atoms with van der Waals surface area (Å²) in [6, 6.07) is 11.2. The maximum Gasteiger partial charge on any atom is 0.267 e. The van der Waals surface area contributed by atoms with Gasteiger partial charge < -0.3 is 5.32 Å². The van der Waals surface area contributed by atoms with E-state index in [0.717, 1.165) is 17.2 Å². The fourth-order valence-electron chi connectivity index (χ4n) is 3.12. The van der Waals surface area contributed by atoms with E-state index in [1.807, 2.05) is 37.3 Å². The molecule has 7 nitrogen and oxygen atoms in total. The van der Waals surface area contributed by atoms with Crippen LogP contribution in [0.1, 0.15) is 30.1 Å². The minimum atomic E-state index is -0.104. The monoisotopic (exact) mass is 332 g/mol. The number of nitrogens with one attached hydrogen (secondary N) is 2. The molecule has 0 atom stereocenters. The Labute approximate surface area is 142 Å². The Kier molecular flexibility index (Phi) is 2.91. The molecule has 3 aromatic heterocycles. The lowest BCUT2D eigenvalue weighted by Gasteiger charge is -2.09. The summed E-state index contributed by atoms with van der Waals surface area (Å²) in [5, 5.41) is 11.1. The van der Waals surface area contributed by atoms with Crippen molar-refractivity contribution in [3.63, 3.8) is 0 Å². The smallest absolute Gasteiger partial charge is 0.267 e. The molecule has 124 valence electrons. The molecule has 25 heavy (non-hydrogen) atoms. The van der Waals surface area contributed by atoms with Gasteiger partial charge in [0.25, 0.3) is 5.56 Å². The molecule has 1 saturated carbocycles. The third-order valence-corrected chi connectivity index (χ3v) is 4.55. The van der Waals surface area contributed by atoms with E-state index >= 15 is 0 Å². The van der Waals surface area contributed by atoms with Crippen LogP contribution in [0, 0.1) is 6.92 Å². The maximum atomic E-state index is 12.7. The largest absolute Gasteiger partial charge is 0.323 e. The van der Waals surface area contributed by atoms with Crippen molar-refractivity contribution in [3.05, 3.63) is 58.1 Å². The van der Waals surface area contributed by atoms with Crippen LogP contribution in [0.15, 0.2) is 41.2 Å². The summed E-state index contributed by atoms with van der Waals surface area (Å²) < 4.78 is 1.54. The Morgan fingerprint density at radius 3 is 2.84 bits per heavy atom. The van der Waals surface area contributed by atoms with Gasteiger partial charge in [0.1, 0.15) is 5.82 Å². The van der Waals surface area contributed by atoms with Crippen molar-refractivity contribution < 1.29 is 0 Å². The number of hydrogen-bond acceptors (Lipinski definition) is 5. The Balaban J connectivity index is 1.61. The third-order valence-electron chi connectivity index (χ3n) is 4.55. The van der Waals surface area contributed by atoms with Gasteiger partial charge in [-0.25, -0.2) is 9.38 Å². The summed E-state index contributed by atoms with van der Waals surface area (Å²) >= 11 is 0. The van der Waals surface area contributed by atoms with Gasteiger partial charge in [0, 0.05) is 29.4 Å². The summed E-state index contributed by atoms with van der Waals surface area (Å²) in [5.41, 5.74) is 2.47. The number of rotatable bonds is 3. The zero-order valence-corrected chi connectivity index (χ0v) is 13.7. The van der Waals surface area contributed by atoms with Crippen LogP contribution in [-0.2, 0) is 0 Å². The number of fused-ring (bicyclic) bond motifs is 2. The van der Waals surface area contributed by atoms with E-state index in [1.165, 1.54) is 17.2 Å². The van der Waals surface area contributed by atoms with Crippen LogP contribution in [0.2, 0.25) is 0 Å². The van der Waals surface area contributed by atoms with Crippen molar-refractivity contribution in [1.29, 1.82) is 0 Å². The molecule has 0 bridgehead atoms. The van der Waals surface area contributed by atoms with Crippen molar-refractivity contribution in [2.24, 2.45) is 0 Å². The van der Waals surface area contributed by atoms with E-state index in [9.17, 15) is 4.79 Å². The maximum absolute atomic E-state index is 12.7. The van der Waals surface area contributed by atoms with Crippen molar-refractivity contribution in [2.45, 2.75) is 25.7 Å². The Hall–Kier alpha value is -3.22. The molecule has 1 aliphatic rings. The average molecular weight is 332 g/mol. The normalized spacial score (nSPS) is 14.3. The van der Waals surface area contributed by atoms with Crippen LogP contribution in [0.4, 0.5) is 11.6 Å². The molecule has 1 aromatic carbocycles. The molecule has 0 saturated heterocycles. The molecule has 0 aliphatic heterocycles. The zero-order chi connectivity index (χ0) is 17.0. The lowest BCUT2D eigenvalue weighted by molar-refractivity contribution is 0.961. The van der Waals surface area contributed by atoms with Crippen molar-refractivity contribution >= 4 is 28.3 Å². The highest BCUT2D eigenvalue weighted by Gasteiger charge is 2.25. The molecule has 4 aromatic rings. The van der Waals surface area contributed by atoms with Gasteiger partial charge in [0.2, 0.25) is 5.78 Å². The van der Waals surface area contributed by atoms with Crippen molar-refractivity contribution in [3.8, 4) is 0 Å². The molecular weight excluding hydrogens is 316 g/mol. The number of benzene rings is 1. The van der Waals surface area contributed by atoms with Gasteiger partial charge in [-0.05, 0) is 31.9 Å². The highest BCUT2D eigenvalue weighted by Crippen LogP contribution is 2.39. The van der Waals surface area contributed by atoms with Crippen LogP contribution in [0.3, 0.4) is 0 Å². The topological polar surface area (TPSA) is 88.0 Å². The first kappa shape index (κ1) is 14.2. The van der Waals surface area contributed by atoms with Crippen LogP contribution < -0.4 is 10.9 Å². The van der Waals surface area contributed by atoms with Crippen LogP contribution in [0.5, 0.6) is 0 Å². The van der Waals surface area contributed by atoms with Gasteiger partial charge in [0.05, 0.1) is 10.9 Å². The van der Waals surface area contributed by atoms with Gasteiger partial charge in [-0.1, -0.05) is 12.1 Å². The first-order valence-electron chi connectivity index (χ1n) is 8.30. The molecule has 1 aliphatic carbocycles. The van der Waals surface area contributed by atoms with Gasteiger partial charge in [0.15, 0.2) is 5.82 Å². The standard InChI is InChI=1S/C18H16N6O/c1-10-8-15(20-16-9-14(22-23-16)11-6-7-11)21-18-19-13-5-3-2-4-12(13)17(25)24(10)18/h2-5,8-9,11H,6-7H2,1H3,(H2,19,20,21,22,23). The molecule has 7 heteroatoms. The number of aromatic amines is 1. The fraction of sp³-hybridized carbons (Fsp3) is 0.222. The second-order valence-corrected chi connectivity index (χ2v) is 6.46. The number of H-pyrrole nitrogens is 1. The fourth-order valence-corrected chi connectivity index (χ4v) is 3.12. The van der Waals surface area contributed by atoms with E-state index in [0.29, 0.717) is 28.4 Å². The quantitative estimate of drug-likeness (QED) is 0.563. The summed E-state index contributed by atoms with van der Waals surface area (Å²) in [6.45, 7) is 1.87. The molecule has 0 amide bonds. The summed E-state index contributed by atoms with van der Waals surface area (Å²) in [6.07, 6.45) is 2.43. The van der Waals surface area contributed by atoms with Crippen molar-refractivity contribution in [1.82, 2.24) is 24.6 Å². The van der Waals surface area contributed by atoms with Crippen LogP contribution >= 0.6 is 0 Å². The highest BCUT2D eigenvalue weighted by atomic mass is 16.1. The predicted octanol–water partition coefficient (Wildman–Crippen LogP) is 2.90. The summed E-state index contributed by atoms with van der Waals surface area (Å²) in [5.74, 6) is 2.33. The first-order chi connectivity index (χ1) is 12.2. The Morgan fingerprint density at radius 2 is 2.00 bits per heavy atom. The van der Waals surface area contributed by atoms with E-state index in [-0.39, 0.29) is 5.56 Å². The summed E-state index contributed by atoms with van der Waals surface area (Å²) in [4.78, 5) is 21.7. The minimum Gasteiger partial charge on any atom is -0.323 e. The molecule has 0 unspecified atom stereocenters. The number of aryl methyl sites for hydroxylation is 1. The van der Waals surface area contributed by atoms with Gasteiger partial charge >= 0.3 is 0 Å². The molecule has 1 fully saturated rings.